The summed E-state index contributed by atoms with van der Waals surface area (Å²) in [6, 6.07) is 33.0. The Morgan fingerprint density at radius 2 is 0.621 bits per heavy atom. The van der Waals surface area contributed by atoms with Crippen LogP contribution >= 0.6 is 0 Å². The fraction of sp³-hybridized carbons (Fsp3) is 0. The fourth-order valence-corrected chi connectivity index (χ4v) is 12.7. The number of rotatable bonds is 3. The van der Waals surface area contributed by atoms with Gasteiger partial charge < -0.3 is 0 Å². The van der Waals surface area contributed by atoms with Crippen molar-refractivity contribution in [2.45, 2.75) is 0 Å². The summed E-state index contributed by atoms with van der Waals surface area (Å²) in [4.78, 5) is 0. The first-order valence-electron chi connectivity index (χ1n) is 8.56. The first-order valence-corrected chi connectivity index (χ1v) is 14.4. The van der Waals surface area contributed by atoms with Gasteiger partial charge in [0, 0.05) is 17.1 Å². The Morgan fingerprint density at radius 1 is 0.414 bits per heavy atom. The number of hydrogen-bond donors (Lipinski definition) is 0. The number of benzene rings is 3. The molecule has 4 rings (SSSR count). The first kappa shape index (κ1) is 27.6. The van der Waals surface area contributed by atoms with E-state index in [1.807, 2.05) is 32.1 Å². The molecule has 4 heteroatoms. The normalized spacial score (nSPS) is 11.2. The van der Waals surface area contributed by atoms with E-state index in [4.69, 9.17) is 9.30 Å². The molecule has 0 unspecified atom stereocenters. The minimum atomic E-state index is -2.17. The molecule has 29 heavy (non-hydrogen) atoms. The predicted octanol–water partition coefficient (Wildman–Crippen LogP) is 3.15. The average Bonchev–Trinajstić information content (AvgIpc) is 3.39. The second kappa shape index (κ2) is 18.6. The van der Waals surface area contributed by atoms with Crippen molar-refractivity contribution in [1.82, 2.24) is 0 Å². The van der Waals surface area contributed by atoms with Gasteiger partial charge in [-0.25, -0.2) is 0 Å². The summed E-state index contributed by atoms with van der Waals surface area (Å²) in [6.45, 7) is 9.00. The van der Waals surface area contributed by atoms with Gasteiger partial charge in [-0.2, -0.15) is 0 Å². The van der Waals surface area contributed by atoms with Gasteiger partial charge in [0.1, 0.15) is 0 Å². The maximum absolute atomic E-state index is 7.50. The van der Waals surface area contributed by atoms with Crippen molar-refractivity contribution >= 4 is 32.1 Å². The molecule has 0 atom stereocenters. The fourth-order valence-electron chi connectivity index (χ4n) is 2.64. The molecule has 143 valence electrons. The molecule has 2 nitrogen and oxygen atoms in total. The molecule has 0 aliphatic heterocycles. The molecule has 1 saturated carbocycles. The van der Waals surface area contributed by atoms with Crippen LogP contribution in [0.4, 0.5) is 0 Å². The molecule has 1 aliphatic rings. The van der Waals surface area contributed by atoms with Crippen LogP contribution in [0.3, 0.4) is 0 Å². The topological polar surface area (TPSA) is 39.8 Å². The quantitative estimate of drug-likeness (QED) is 0.247. The van der Waals surface area contributed by atoms with Gasteiger partial charge in [-0.3, -0.25) is 0 Å². The van der Waals surface area contributed by atoms with E-state index in [9.17, 15) is 0 Å². The van der Waals surface area contributed by atoms with Crippen molar-refractivity contribution in [2.75, 3.05) is 0 Å². The maximum atomic E-state index is 7.50. The zero-order valence-electron chi connectivity index (χ0n) is 15.7. The zero-order chi connectivity index (χ0) is 20.5. The summed E-state index contributed by atoms with van der Waals surface area (Å²) in [5.41, 5.74) is 0. The van der Waals surface area contributed by atoms with Gasteiger partial charge in [-0.05, 0) is 32.1 Å². The third-order valence-electron chi connectivity index (χ3n) is 3.74. The van der Waals surface area contributed by atoms with Crippen molar-refractivity contribution in [3.05, 3.63) is 136 Å². The molecule has 0 aromatic heterocycles. The average molecular weight is 615 g/mol. The van der Waals surface area contributed by atoms with Crippen LogP contribution < -0.4 is 9.37 Å². The van der Waals surface area contributed by atoms with Crippen LogP contribution in [0.5, 0.6) is 0 Å². The van der Waals surface area contributed by atoms with E-state index in [0.29, 0.717) is 0 Å². The second-order valence-corrected chi connectivity index (χ2v) is 15.1. The van der Waals surface area contributed by atoms with Crippen molar-refractivity contribution in [3.63, 3.8) is 0 Å². The van der Waals surface area contributed by atoms with Crippen molar-refractivity contribution in [2.24, 2.45) is 0 Å². The van der Waals surface area contributed by atoms with Crippen LogP contribution in [0.15, 0.2) is 91.0 Å². The third kappa shape index (κ3) is 10.3. The number of hydrogen-bond acceptors (Lipinski definition) is 0. The van der Waals surface area contributed by atoms with Crippen LogP contribution in [0.1, 0.15) is 0 Å². The Bertz CT molecular complexity index is 678. The summed E-state index contributed by atoms with van der Waals surface area (Å²) in [5, 5.41) is 0. The van der Waals surface area contributed by atoms with Gasteiger partial charge in [0.2, 0.25) is 0 Å². The van der Waals surface area contributed by atoms with Crippen molar-refractivity contribution in [3.8, 4) is 0 Å². The molecular formula is C25H20MnO2Pb. The van der Waals surface area contributed by atoms with E-state index in [1.54, 1.807) is 9.37 Å². The minimum absolute atomic E-state index is 0. The molecule has 0 saturated heterocycles. The van der Waals surface area contributed by atoms with Gasteiger partial charge >= 0.3 is 146 Å². The van der Waals surface area contributed by atoms with Crippen LogP contribution in [-0.4, -0.2) is 22.7 Å². The summed E-state index contributed by atoms with van der Waals surface area (Å²) in [5.74, 6) is 0. The predicted molar refractivity (Wildman–Crippen MR) is 113 cm³/mol. The molecule has 0 spiro atoms. The van der Waals surface area contributed by atoms with Crippen molar-refractivity contribution in [1.29, 1.82) is 0 Å². The molecule has 0 heterocycles. The van der Waals surface area contributed by atoms with E-state index in [1.165, 1.54) is 0 Å². The molecule has 1 fully saturated rings. The summed E-state index contributed by atoms with van der Waals surface area (Å²) in [6.07, 6.45) is 10.0. The van der Waals surface area contributed by atoms with E-state index >= 15 is 0 Å². The molecule has 3 aromatic rings. The molecule has 0 bridgehead atoms. The van der Waals surface area contributed by atoms with Crippen LogP contribution in [0, 0.1) is 45.4 Å². The van der Waals surface area contributed by atoms with E-state index < -0.39 is 22.7 Å². The molecule has 0 N–H and O–H groups in total. The first-order chi connectivity index (χ1) is 13.9. The molecular weight excluding hydrogens is 594 g/mol. The molecule has 3 aromatic carbocycles. The Balaban J connectivity index is 0.000000667. The summed E-state index contributed by atoms with van der Waals surface area (Å²) < 4.78 is 19.6. The Hall–Kier alpha value is -1.42. The van der Waals surface area contributed by atoms with Gasteiger partial charge in [0.15, 0.2) is 0 Å². The Labute approximate surface area is 193 Å². The van der Waals surface area contributed by atoms with Crippen LogP contribution in [0.25, 0.3) is 0 Å². The van der Waals surface area contributed by atoms with Gasteiger partial charge in [0.05, 0.1) is 0 Å². The monoisotopic (exact) mass is 615 g/mol. The molecule has 0 amide bonds. The summed E-state index contributed by atoms with van der Waals surface area (Å²) >= 11 is -2.17. The van der Waals surface area contributed by atoms with E-state index in [0.717, 1.165) is 0 Å². The molecule has 7 radical (unpaired) electrons. The van der Waals surface area contributed by atoms with Crippen molar-refractivity contribution < 1.29 is 26.4 Å². The standard InChI is InChI=1S/3C6H5.C5H5.2CO.Mn.Pb/c3*1-2-4-6-5-3-1;1-2-4-5-3-1;2*1-2;;/h3*1-5H;1-5H;;;;. The van der Waals surface area contributed by atoms with Crippen LogP contribution in [-0.2, 0) is 26.4 Å². The van der Waals surface area contributed by atoms with Gasteiger partial charge in [-0.1, -0.05) is 0 Å². The van der Waals surface area contributed by atoms with Crippen LogP contribution in [0.2, 0.25) is 0 Å². The second-order valence-electron chi connectivity index (χ2n) is 5.44. The molecule has 1 aliphatic carbocycles. The van der Waals surface area contributed by atoms with E-state index in [2.05, 4.69) is 104 Å². The SMILES string of the molecule is [C-]#[O+].[C-]#[O+].[CH]1[CH][CH][CH][CH]1.[Mn].c1cc[c]([Pb]([c]2ccccc2)[c]2ccccc2)cc1. The zero-order valence-corrected chi connectivity index (χ0v) is 20.8. The summed E-state index contributed by atoms with van der Waals surface area (Å²) in [7, 11) is 0. The van der Waals surface area contributed by atoms with Gasteiger partial charge in [0.25, 0.3) is 0 Å². The van der Waals surface area contributed by atoms with E-state index in [-0.39, 0.29) is 17.1 Å². The third-order valence-corrected chi connectivity index (χ3v) is 14.4. The Kier molecular flexibility index (Phi) is 17.7. The van der Waals surface area contributed by atoms with Gasteiger partial charge in [-0.15, -0.1) is 0 Å². The Morgan fingerprint density at radius 3 is 0.828 bits per heavy atom.